The van der Waals surface area contributed by atoms with Crippen LogP contribution in [0.15, 0.2) is 48.7 Å². The lowest BCUT2D eigenvalue weighted by atomic mass is 10.1. The van der Waals surface area contributed by atoms with Gasteiger partial charge in [0.1, 0.15) is 0 Å². The number of nitrogens with one attached hydrogen (secondary N) is 1. The van der Waals surface area contributed by atoms with Gasteiger partial charge in [-0.05, 0) is 30.5 Å². The molecule has 0 fully saturated rings. The number of hydrogen-bond acceptors (Lipinski definition) is 2. The van der Waals surface area contributed by atoms with Gasteiger partial charge in [0.15, 0.2) is 0 Å². The predicted molar refractivity (Wildman–Crippen MR) is 71.3 cm³/mol. The average Bonchev–Trinajstić information content (AvgIpc) is 2.45. The van der Waals surface area contributed by atoms with Crippen LogP contribution < -0.4 is 5.32 Å². The first-order valence-electron chi connectivity index (χ1n) is 6.19. The lowest BCUT2D eigenvalue weighted by molar-refractivity contribution is 0.0953. The Morgan fingerprint density at radius 3 is 2.63 bits per heavy atom. The van der Waals surface area contributed by atoms with Crippen molar-refractivity contribution in [2.45, 2.75) is 12.8 Å². The largest absolute Gasteiger partial charge is 0.352 e. The summed E-state index contributed by atoms with van der Waals surface area (Å²) in [5, 5.41) is 2.79. The first kappa shape index (κ1) is 13.2. The molecule has 0 saturated carbocycles. The fourth-order valence-corrected chi connectivity index (χ4v) is 1.75. The van der Waals surface area contributed by atoms with Crippen LogP contribution in [-0.2, 0) is 6.42 Å². The van der Waals surface area contributed by atoms with Crippen molar-refractivity contribution in [2.75, 3.05) is 6.54 Å². The lowest BCUT2D eigenvalue weighted by Crippen LogP contribution is -2.24. The van der Waals surface area contributed by atoms with Gasteiger partial charge in [-0.3, -0.25) is 4.79 Å². The van der Waals surface area contributed by atoms with Gasteiger partial charge in [0.25, 0.3) is 5.91 Å². The molecule has 1 N–H and O–H groups in total. The number of hydrogen-bond donors (Lipinski definition) is 1. The van der Waals surface area contributed by atoms with E-state index in [1.807, 2.05) is 18.2 Å². The van der Waals surface area contributed by atoms with Gasteiger partial charge in [-0.25, -0.2) is 4.98 Å². The molecule has 98 valence electrons. The summed E-state index contributed by atoms with van der Waals surface area (Å²) in [6, 6.07) is 12.7. The monoisotopic (exact) mass is 258 g/mol. The van der Waals surface area contributed by atoms with Crippen LogP contribution in [0.3, 0.4) is 0 Å². The Labute approximate surface area is 111 Å². The first-order valence-corrected chi connectivity index (χ1v) is 6.19. The van der Waals surface area contributed by atoms with Crippen LogP contribution in [0.4, 0.5) is 4.39 Å². The smallest absolute Gasteiger partial charge is 0.252 e. The van der Waals surface area contributed by atoms with E-state index in [1.165, 1.54) is 23.9 Å². The molecule has 1 aromatic carbocycles. The van der Waals surface area contributed by atoms with Gasteiger partial charge in [-0.15, -0.1) is 0 Å². The maximum Gasteiger partial charge on any atom is 0.252 e. The number of rotatable bonds is 5. The zero-order valence-corrected chi connectivity index (χ0v) is 10.5. The summed E-state index contributed by atoms with van der Waals surface area (Å²) in [5.74, 6) is -0.804. The van der Waals surface area contributed by atoms with E-state index in [4.69, 9.17) is 0 Å². The van der Waals surface area contributed by atoms with Crippen molar-refractivity contribution in [3.63, 3.8) is 0 Å². The van der Waals surface area contributed by atoms with Crippen LogP contribution in [0.2, 0.25) is 0 Å². The van der Waals surface area contributed by atoms with Crippen molar-refractivity contribution >= 4 is 5.91 Å². The summed E-state index contributed by atoms with van der Waals surface area (Å²) in [5.41, 5.74) is 1.63. The zero-order chi connectivity index (χ0) is 13.5. The number of aromatic nitrogens is 1. The molecule has 0 aliphatic heterocycles. The third kappa shape index (κ3) is 4.17. The highest BCUT2D eigenvalue weighted by atomic mass is 19.1. The van der Waals surface area contributed by atoms with Crippen LogP contribution in [-0.4, -0.2) is 17.4 Å². The van der Waals surface area contributed by atoms with Gasteiger partial charge in [0.2, 0.25) is 5.95 Å². The standard InChI is InChI=1S/C15H15FN2O/c16-14-9-8-13(11-18-14)15(19)17-10-4-7-12-5-2-1-3-6-12/h1-3,5-6,8-9,11H,4,7,10H2,(H,17,19). The summed E-state index contributed by atoms with van der Waals surface area (Å²) in [6.07, 6.45) is 3.02. The Morgan fingerprint density at radius 2 is 1.95 bits per heavy atom. The van der Waals surface area contributed by atoms with E-state index >= 15 is 0 Å². The number of nitrogens with zero attached hydrogens (tertiary/aromatic N) is 1. The van der Waals surface area contributed by atoms with Crippen molar-refractivity contribution in [3.05, 3.63) is 65.7 Å². The number of pyridine rings is 1. The Morgan fingerprint density at radius 1 is 1.16 bits per heavy atom. The molecule has 0 spiro atoms. The van der Waals surface area contributed by atoms with Crippen molar-refractivity contribution in [1.82, 2.24) is 10.3 Å². The quantitative estimate of drug-likeness (QED) is 0.661. The number of aryl methyl sites for hydroxylation is 1. The Bertz CT molecular complexity index is 526. The Balaban J connectivity index is 1.74. The fraction of sp³-hybridized carbons (Fsp3) is 0.200. The molecule has 0 aliphatic rings. The van der Waals surface area contributed by atoms with Gasteiger partial charge < -0.3 is 5.32 Å². The van der Waals surface area contributed by atoms with E-state index in [0.29, 0.717) is 12.1 Å². The fourth-order valence-electron chi connectivity index (χ4n) is 1.75. The van der Waals surface area contributed by atoms with Gasteiger partial charge in [0, 0.05) is 12.7 Å². The molecule has 2 rings (SSSR count). The average molecular weight is 258 g/mol. The van der Waals surface area contributed by atoms with E-state index in [2.05, 4.69) is 22.4 Å². The number of amides is 1. The maximum atomic E-state index is 12.6. The normalized spacial score (nSPS) is 10.2. The van der Waals surface area contributed by atoms with Crippen molar-refractivity contribution in [2.24, 2.45) is 0 Å². The molecule has 4 heteroatoms. The van der Waals surface area contributed by atoms with Crippen LogP contribution >= 0.6 is 0 Å². The summed E-state index contributed by atoms with van der Waals surface area (Å²) in [7, 11) is 0. The molecule has 0 radical (unpaired) electrons. The van der Waals surface area contributed by atoms with Crippen LogP contribution in [0, 0.1) is 5.95 Å². The minimum atomic E-state index is -0.583. The third-order valence-corrected chi connectivity index (χ3v) is 2.76. The maximum absolute atomic E-state index is 12.6. The Hall–Kier alpha value is -2.23. The molecule has 1 aromatic heterocycles. The summed E-state index contributed by atoms with van der Waals surface area (Å²) >= 11 is 0. The minimum Gasteiger partial charge on any atom is -0.352 e. The predicted octanol–water partition coefficient (Wildman–Crippen LogP) is 2.58. The minimum absolute atomic E-state index is 0.222. The first-order chi connectivity index (χ1) is 9.25. The second kappa shape index (κ2) is 6.64. The van der Waals surface area contributed by atoms with Gasteiger partial charge in [0.05, 0.1) is 5.56 Å². The van der Waals surface area contributed by atoms with Crippen molar-refractivity contribution in [1.29, 1.82) is 0 Å². The van der Waals surface area contributed by atoms with E-state index in [9.17, 15) is 9.18 Å². The highest BCUT2D eigenvalue weighted by Crippen LogP contribution is 2.02. The van der Waals surface area contributed by atoms with Crippen molar-refractivity contribution < 1.29 is 9.18 Å². The molecule has 0 unspecified atom stereocenters. The number of benzene rings is 1. The van der Waals surface area contributed by atoms with E-state index in [-0.39, 0.29) is 5.91 Å². The SMILES string of the molecule is O=C(NCCCc1ccccc1)c1ccc(F)nc1. The topological polar surface area (TPSA) is 42.0 Å². The second-order valence-electron chi connectivity index (χ2n) is 4.21. The molecular weight excluding hydrogens is 243 g/mol. The van der Waals surface area contributed by atoms with Crippen LogP contribution in [0.5, 0.6) is 0 Å². The van der Waals surface area contributed by atoms with Crippen LogP contribution in [0.1, 0.15) is 22.3 Å². The molecule has 0 aliphatic carbocycles. The molecular formula is C15H15FN2O. The lowest BCUT2D eigenvalue weighted by Gasteiger charge is -2.05. The molecule has 19 heavy (non-hydrogen) atoms. The molecule has 0 bridgehead atoms. The summed E-state index contributed by atoms with van der Waals surface area (Å²) < 4.78 is 12.6. The zero-order valence-electron chi connectivity index (χ0n) is 10.5. The summed E-state index contributed by atoms with van der Waals surface area (Å²) in [4.78, 5) is 15.1. The van der Waals surface area contributed by atoms with E-state index in [0.717, 1.165) is 12.8 Å². The van der Waals surface area contributed by atoms with E-state index < -0.39 is 5.95 Å². The number of halogens is 1. The molecule has 0 saturated heterocycles. The molecule has 2 aromatic rings. The molecule has 3 nitrogen and oxygen atoms in total. The third-order valence-electron chi connectivity index (χ3n) is 2.76. The van der Waals surface area contributed by atoms with Gasteiger partial charge in [-0.2, -0.15) is 4.39 Å². The van der Waals surface area contributed by atoms with Crippen molar-refractivity contribution in [3.8, 4) is 0 Å². The molecule has 1 heterocycles. The molecule has 1 amide bonds. The molecule has 0 atom stereocenters. The number of carbonyl (C=O) groups is 1. The van der Waals surface area contributed by atoms with Gasteiger partial charge >= 0.3 is 0 Å². The Kier molecular flexibility index (Phi) is 4.61. The van der Waals surface area contributed by atoms with Crippen LogP contribution in [0.25, 0.3) is 0 Å². The van der Waals surface area contributed by atoms with Gasteiger partial charge in [-0.1, -0.05) is 30.3 Å². The van der Waals surface area contributed by atoms with E-state index in [1.54, 1.807) is 0 Å². The highest BCUT2D eigenvalue weighted by molar-refractivity contribution is 5.93. The second-order valence-corrected chi connectivity index (χ2v) is 4.21. The number of carbonyl (C=O) groups excluding carboxylic acids is 1. The summed E-state index contributed by atoms with van der Waals surface area (Å²) in [6.45, 7) is 0.588. The highest BCUT2D eigenvalue weighted by Gasteiger charge is 2.05.